The number of nitrogens with zero attached hydrogens (tertiary/aromatic N) is 1. The molecule has 0 atom stereocenters. The van der Waals surface area contributed by atoms with E-state index in [2.05, 4.69) is 0 Å². The fourth-order valence-corrected chi connectivity index (χ4v) is 0.951. The Morgan fingerprint density at radius 2 is 2.07 bits per heavy atom. The zero-order valence-electron chi connectivity index (χ0n) is 7.74. The molecule has 0 aromatic heterocycles. The Hall–Kier alpha value is -1.62. The van der Waals surface area contributed by atoms with E-state index < -0.39 is 12.6 Å². The van der Waals surface area contributed by atoms with Gasteiger partial charge in [0.1, 0.15) is 5.75 Å². The van der Waals surface area contributed by atoms with Gasteiger partial charge >= 0.3 is 0 Å². The highest BCUT2D eigenvalue weighted by molar-refractivity contribution is 5.92. The smallest absolute Gasteiger partial charge is 0.272 e. The van der Waals surface area contributed by atoms with Crippen LogP contribution in [0.2, 0.25) is 0 Å². The summed E-state index contributed by atoms with van der Waals surface area (Å²) in [6, 6.07) is 6.43. The van der Waals surface area contributed by atoms with Crippen LogP contribution in [0.5, 0.6) is 5.75 Å². The molecule has 0 spiro atoms. The number of carbonyl (C=O) groups excluding carboxylic acids is 1. The average molecular weight is 198 g/mol. The Labute approximate surface area is 81.0 Å². The number of methoxy groups -OCH3 is 1. The Bertz CT molecular complexity index is 313. The van der Waals surface area contributed by atoms with Crippen LogP contribution in [0.3, 0.4) is 0 Å². The molecule has 0 saturated carbocycles. The number of nitrogens with two attached hydrogens (primary N) is 1. The molecule has 1 aromatic rings. The van der Waals surface area contributed by atoms with Crippen molar-refractivity contribution in [2.24, 2.45) is 5.84 Å². The van der Waals surface area contributed by atoms with E-state index in [4.69, 9.17) is 10.6 Å². The maximum absolute atomic E-state index is 12.0. The van der Waals surface area contributed by atoms with Gasteiger partial charge in [0.25, 0.3) is 5.91 Å². The lowest BCUT2D eigenvalue weighted by Gasteiger charge is -2.14. The van der Waals surface area contributed by atoms with Gasteiger partial charge < -0.3 is 4.74 Å². The number of hydrogen-bond donors (Lipinski definition) is 1. The van der Waals surface area contributed by atoms with Gasteiger partial charge in [0.15, 0.2) is 6.67 Å². The maximum atomic E-state index is 12.0. The van der Waals surface area contributed by atoms with Crippen molar-refractivity contribution in [3.05, 3.63) is 24.3 Å². The largest absolute Gasteiger partial charge is 0.497 e. The molecule has 0 unspecified atom stereocenters. The van der Waals surface area contributed by atoms with Gasteiger partial charge in [-0.3, -0.25) is 4.79 Å². The molecule has 0 radical (unpaired) electrons. The summed E-state index contributed by atoms with van der Waals surface area (Å²) in [6.45, 7) is -1.11. The lowest BCUT2D eigenvalue weighted by atomic mass is 10.3. The van der Waals surface area contributed by atoms with E-state index in [9.17, 15) is 9.18 Å². The molecule has 0 aliphatic rings. The van der Waals surface area contributed by atoms with Crippen molar-refractivity contribution in [3.8, 4) is 5.75 Å². The van der Waals surface area contributed by atoms with Gasteiger partial charge in [0.2, 0.25) is 0 Å². The molecule has 14 heavy (non-hydrogen) atoms. The molecule has 1 aromatic carbocycles. The zero-order chi connectivity index (χ0) is 10.6. The number of hydrogen-bond acceptors (Lipinski definition) is 3. The quantitative estimate of drug-likeness (QED) is 0.445. The number of carbonyl (C=O) groups is 1. The highest BCUT2D eigenvalue weighted by Gasteiger charge is 2.10. The Morgan fingerprint density at radius 1 is 1.50 bits per heavy atom. The molecule has 2 N–H and O–H groups in total. The van der Waals surface area contributed by atoms with Gasteiger partial charge in [-0.25, -0.2) is 15.2 Å². The highest BCUT2D eigenvalue weighted by atomic mass is 19.1. The first-order valence-electron chi connectivity index (χ1n) is 3.96. The monoisotopic (exact) mass is 198 g/mol. The summed E-state index contributed by atoms with van der Waals surface area (Å²) in [6.07, 6.45) is 0. The van der Waals surface area contributed by atoms with E-state index >= 15 is 0 Å². The minimum atomic E-state index is -1.11. The Balaban J connectivity index is 2.81. The van der Waals surface area contributed by atoms with Crippen molar-refractivity contribution in [1.82, 2.24) is 0 Å². The van der Waals surface area contributed by atoms with Crippen molar-refractivity contribution in [3.63, 3.8) is 0 Å². The molecule has 0 aliphatic carbocycles. The van der Waals surface area contributed by atoms with E-state index in [1.165, 1.54) is 7.11 Å². The number of anilines is 1. The van der Waals surface area contributed by atoms with Crippen LogP contribution in [0.15, 0.2) is 24.3 Å². The molecule has 76 valence electrons. The standard InChI is InChI=1S/C9H11FN2O2/c1-14-8-4-2-7(3-5-8)12(11)9(13)6-10/h2-5H,6,11H2,1H3. The lowest BCUT2D eigenvalue weighted by molar-refractivity contribution is -0.119. The molecule has 1 rings (SSSR count). The molecule has 0 fully saturated rings. The van der Waals surface area contributed by atoms with Gasteiger partial charge in [-0.2, -0.15) is 0 Å². The van der Waals surface area contributed by atoms with Gasteiger partial charge in [0.05, 0.1) is 12.8 Å². The normalized spacial score (nSPS) is 9.64. The number of rotatable bonds is 3. The number of ether oxygens (including phenoxy) is 1. The number of benzene rings is 1. The summed E-state index contributed by atoms with van der Waals surface area (Å²) in [5.74, 6) is 5.21. The predicted octanol–water partition coefficient (Wildman–Crippen LogP) is 0.871. The van der Waals surface area contributed by atoms with E-state index in [0.29, 0.717) is 11.4 Å². The number of hydrazine groups is 1. The summed E-state index contributed by atoms with van der Waals surface area (Å²) in [5, 5.41) is 0.763. The molecule has 0 heterocycles. The molecular weight excluding hydrogens is 187 g/mol. The molecule has 0 bridgehead atoms. The lowest BCUT2D eigenvalue weighted by Crippen LogP contribution is -2.38. The van der Waals surface area contributed by atoms with Crippen molar-refractivity contribution in [1.29, 1.82) is 0 Å². The fourth-order valence-electron chi connectivity index (χ4n) is 0.951. The molecule has 1 amide bonds. The summed E-state index contributed by atoms with van der Waals surface area (Å²) in [7, 11) is 1.53. The highest BCUT2D eigenvalue weighted by Crippen LogP contribution is 2.17. The number of alkyl halides is 1. The maximum Gasteiger partial charge on any atom is 0.272 e. The first kappa shape index (κ1) is 10.5. The van der Waals surface area contributed by atoms with Crippen molar-refractivity contribution in [2.75, 3.05) is 18.8 Å². The molecule has 0 aliphatic heterocycles. The van der Waals surface area contributed by atoms with E-state index in [-0.39, 0.29) is 0 Å². The minimum Gasteiger partial charge on any atom is -0.497 e. The second kappa shape index (κ2) is 4.57. The topological polar surface area (TPSA) is 55.6 Å². The second-order valence-electron chi connectivity index (χ2n) is 2.60. The van der Waals surface area contributed by atoms with Crippen LogP contribution in [0.1, 0.15) is 0 Å². The first-order chi connectivity index (χ1) is 6.69. The van der Waals surface area contributed by atoms with E-state index in [1.807, 2.05) is 0 Å². The van der Waals surface area contributed by atoms with E-state index in [0.717, 1.165) is 5.01 Å². The van der Waals surface area contributed by atoms with Crippen LogP contribution in [0, 0.1) is 0 Å². The van der Waals surface area contributed by atoms with E-state index in [1.54, 1.807) is 24.3 Å². The second-order valence-corrected chi connectivity index (χ2v) is 2.60. The summed E-state index contributed by atoms with van der Waals surface area (Å²) < 4.78 is 16.9. The molecule has 0 saturated heterocycles. The van der Waals surface area contributed by atoms with Crippen molar-refractivity contribution in [2.45, 2.75) is 0 Å². The number of amides is 1. The van der Waals surface area contributed by atoms with Gasteiger partial charge in [-0.1, -0.05) is 0 Å². The van der Waals surface area contributed by atoms with Crippen LogP contribution in [0.25, 0.3) is 0 Å². The Morgan fingerprint density at radius 3 is 2.50 bits per heavy atom. The zero-order valence-corrected chi connectivity index (χ0v) is 7.74. The SMILES string of the molecule is COc1ccc(N(N)C(=O)CF)cc1. The molecule has 5 heteroatoms. The van der Waals surface area contributed by atoms with Crippen LogP contribution in [-0.4, -0.2) is 19.7 Å². The van der Waals surface area contributed by atoms with Crippen LogP contribution >= 0.6 is 0 Å². The number of halogens is 1. The van der Waals surface area contributed by atoms with Gasteiger partial charge in [-0.15, -0.1) is 0 Å². The van der Waals surface area contributed by atoms with Crippen LogP contribution in [-0.2, 0) is 4.79 Å². The van der Waals surface area contributed by atoms with Gasteiger partial charge in [0, 0.05) is 0 Å². The van der Waals surface area contributed by atoms with Gasteiger partial charge in [-0.05, 0) is 24.3 Å². The first-order valence-corrected chi connectivity index (χ1v) is 3.96. The molecular formula is C9H11FN2O2. The van der Waals surface area contributed by atoms with Crippen LogP contribution in [0.4, 0.5) is 10.1 Å². The third-order valence-electron chi connectivity index (χ3n) is 1.73. The fraction of sp³-hybridized carbons (Fsp3) is 0.222. The summed E-state index contributed by atoms with van der Waals surface area (Å²) in [5.41, 5.74) is 0.424. The third-order valence-corrected chi connectivity index (χ3v) is 1.73. The van der Waals surface area contributed by atoms with Crippen molar-refractivity contribution < 1.29 is 13.9 Å². The summed E-state index contributed by atoms with van der Waals surface area (Å²) >= 11 is 0. The Kier molecular flexibility index (Phi) is 3.41. The predicted molar refractivity (Wildman–Crippen MR) is 50.6 cm³/mol. The average Bonchev–Trinajstić information content (AvgIpc) is 2.27. The summed E-state index contributed by atoms with van der Waals surface area (Å²) in [4.78, 5) is 10.9. The minimum absolute atomic E-state index is 0.424. The van der Waals surface area contributed by atoms with Crippen LogP contribution < -0.4 is 15.6 Å². The molecule has 4 nitrogen and oxygen atoms in total. The van der Waals surface area contributed by atoms with Crippen molar-refractivity contribution >= 4 is 11.6 Å². The third kappa shape index (κ3) is 2.20.